The van der Waals surface area contributed by atoms with E-state index in [1.165, 1.54) is 6.07 Å². The molecule has 31 heavy (non-hydrogen) atoms. The van der Waals surface area contributed by atoms with Crippen LogP contribution in [0.15, 0.2) is 42.5 Å². The van der Waals surface area contributed by atoms with Gasteiger partial charge in [-0.1, -0.05) is 42.6 Å². The monoisotopic (exact) mass is 442 g/mol. The van der Waals surface area contributed by atoms with E-state index in [0.29, 0.717) is 35.8 Å². The van der Waals surface area contributed by atoms with Gasteiger partial charge in [0.25, 0.3) is 0 Å². The fraction of sp³-hybridized carbons (Fsp3) is 0.440. The van der Waals surface area contributed by atoms with Gasteiger partial charge < -0.3 is 10.2 Å². The lowest BCUT2D eigenvalue weighted by molar-refractivity contribution is -0.138. The number of carbonyl (C=O) groups is 2. The molecule has 1 saturated carbocycles. The fourth-order valence-electron chi connectivity index (χ4n) is 4.87. The number of halogens is 2. The normalized spacial score (nSPS) is 21.8. The molecular formula is C25H28ClFN2O2. The van der Waals surface area contributed by atoms with E-state index < -0.39 is 0 Å². The van der Waals surface area contributed by atoms with Crippen molar-refractivity contribution in [1.29, 1.82) is 0 Å². The Morgan fingerprint density at radius 3 is 2.55 bits per heavy atom. The van der Waals surface area contributed by atoms with Gasteiger partial charge in [-0.05, 0) is 61.6 Å². The van der Waals surface area contributed by atoms with E-state index in [0.717, 1.165) is 31.2 Å². The van der Waals surface area contributed by atoms with Crippen molar-refractivity contribution in [3.05, 3.63) is 64.4 Å². The van der Waals surface area contributed by atoms with E-state index in [-0.39, 0.29) is 35.4 Å². The van der Waals surface area contributed by atoms with Crippen molar-refractivity contribution in [2.45, 2.75) is 44.9 Å². The van der Waals surface area contributed by atoms with Crippen LogP contribution in [0.25, 0.3) is 0 Å². The first-order valence-corrected chi connectivity index (χ1v) is 11.4. The van der Waals surface area contributed by atoms with Crippen molar-refractivity contribution in [3.63, 3.8) is 0 Å². The molecule has 0 aromatic heterocycles. The Bertz CT molecular complexity index is 974. The minimum absolute atomic E-state index is 0.00601. The van der Waals surface area contributed by atoms with Gasteiger partial charge in [-0.15, -0.1) is 0 Å². The average Bonchev–Trinajstić information content (AvgIpc) is 3.30. The molecule has 2 atom stereocenters. The van der Waals surface area contributed by atoms with Crippen LogP contribution in [0.5, 0.6) is 0 Å². The minimum atomic E-state index is -0.339. The third-order valence-corrected chi connectivity index (χ3v) is 6.82. The molecule has 2 unspecified atom stereocenters. The van der Waals surface area contributed by atoms with Crippen molar-refractivity contribution in [1.82, 2.24) is 4.90 Å². The number of carbonyl (C=O) groups excluding carboxylic acids is 2. The Labute approximate surface area is 187 Å². The Morgan fingerprint density at radius 2 is 1.84 bits per heavy atom. The first kappa shape index (κ1) is 21.8. The smallest absolute Gasteiger partial charge is 0.229 e. The lowest BCUT2D eigenvalue weighted by Crippen LogP contribution is -2.48. The summed E-state index contributed by atoms with van der Waals surface area (Å²) in [6.07, 6.45) is 4.64. The van der Waals surface area contributed by atoms with Gasteiger partial charge in [0.1, 0.15) is 5.82 Å². The molecule has 2 aliphatic rings. The Kier molecular flexibility index (Phi) is 6.61. The second-order valence-electron chi connectivity index (χ2n) is 8.86. The Balaban J connectivity index is 1.56. The zero-order valence-electron chi connectivity index (χ0n) is 17.7. The van der Waals surface area contributed by atoms with E-state index >= 15 is 0 Å². The number of nitrogens with one attached hydrogen (secondary N) is 1. The molecule has 0 bridgehead atoms. The molecule has 164 valence electrons. The van der Waals surface area contributed by atoms with Gasteiger partial charge in [-0.3, -0.25) is 9.59 Å². The zero-order valence-corrected chi connectivity index (χ0v) is 18.5. The van der Waals surface area contributed by atoms with Crippen LogP contribution in [0.2, 0.25) is 5.02 Å². The highest BCUT2D eigenvalue weighted by atomic mass is 35.5. The van der Waals surface area contributed by atoms with Crippen LogP contribution >= 0.6 is 11.6 Å². The van der Waals surface area contributed by atoms with E-state index in [1.807, 2.05) is 11.0 Å². The number of hydrogen-bond donors (Lipinski definition) is 1. The lowest BCUT2D eigenvalue weighted by Gasteiger charge is -2.38. The molecule has 1 saturated heterocycles. The number of hydrogen-bond acceptors (Lipinski definition) is 2. The second kappa shape index (κ2) is 9.39. The van der Waals surface area contributed by atoms with Gasteiger partial charge in [0.05, 0.1) is 5.92 Å². The van der Waals surface area contributed by atoms with E-state index in [4.69, 9.17) is 11.6 Å². The summed E-state index contributed by atoms with van der Waals surface area (Å²) in [6, 6.07) is 12.2. The largest absolute Gasteiger partial charge is 0.341 e. The highest BCUT2D eigenvalue weighted by Gasteiger charge is 2.37. The number of aryl methyl sites for hydroxylation is 1. The molecule has 1 N–H and O–H groups in total. The molecule has 1 aliphatic heterocycles. The molecule has 2 aromatic carbocycles. The van der Waals surface area contributed by atoms with E-state index in [1.54, 1.807) is 37.3 Å². The molecule has 1 heterocycles. The van der Waals surface area contributed by atoms with Crippen LogP contribution in [0.4, 0.5) is 10.1 Å². The van der Waals surface area contributed by atoms with Gasteiger partial charge in [0, 0.05) is 35.6 Å². The van der Waals surface area contributed by atoms with Crippen LogP contribution in [-0.4, -0.2) is 29.8 Å². The SMILES string of the molecule is Cc1cc(C2CC(C(=O)Nc3cccc(Cl)c3)CN(C(=O)C3CCCC3)C2)ccc1F. The maximum atomic E-state index is 13.8. The predicted molar refractivity (Wildman–Crippen MR) is 121 cm³/mol. The van der Waals surface area contributed by atoms with Gasteiger partial charge in [0.2, 0.25) is 11.8 Å². The van der Waals surface area contributed by atoms with Crippen LogP contribution < -0.4 is 5.32 Å². The van der Waals surface area contributed by atoms with Crippen molar-refractivity contribution >= 4 is 29.1 Å². The number of amides is 2. The van der Waals surface area contributed by atoms with Crippen molar-refractivity contribution < 1.29 is 14.0 Å². The van der Waals surface area contributed by atoms with E-state index in [2.05, 4.69) is 5.32 Å². The number of rotatable bonds is 4. The maximum Gasteiger partial charge on any atom is 0.229 e. The average molecular weight is 443 g/mol. The summed E-state index contributed by atoms with van der Waals surface area (Å²) in [4.78, 5) is 28.2. The van der Waals surface area contributed by atoms with Crippen LogP contribution in [0, 0.1) is 24.6 Å². The van der Waals surface area contributed by atoms with Gasteiger partial charge in [-0.25, -0.2) is 4.39 Å². The topological polar surface area (TPSA) is 49.4 Å². The summed E-state index contributed by atoms with van der Waals surface area (Å²) in [5.41, 5.74) is 2.20. The summed E-state index contributed by atoms with van der Waals surface area (Å²) < 4.78 is 13.8. The van der Waals surface area contributed by atoms with Crippen molar-refractivity contribution in [3.8, 4) is 0 Å². The Morgan fingerprint density at radius 1 is 1.06 bits per heavy atom. The fourth-order valence-corrected chi connectivity index (χ4v) is 5.06. The summed E-state index contributed by atoms with van der Waals surface area (Å²) in [5.74, 6) is -0.488. The van der Waals surface area contributed by atoms with Gasteiger partial charge in [-0.2, -0.15) is 0 Å². The molecular weight excluding hydrogens is 415 g/mol. The minimum Gasteiger partial charge on any atom is -0.341 e. The molecule has 4 nitrogen and oxygen atoms in total. The molecule has 1 aliphatic carbocycles. The zero-order chi connectivity index (χ0) is 22.0. The summed E-state index contributed by atoms with van der Waals surface area (Å²) in [6.45, 7) is 2.73. The van der Waals surface area contributed by atoms with E-state index in [9.17, 15) is 14.0 Å². The highest BCUT2D eigenvalue weighted by molar-refractivity contribution is 6.30. The van der Waals surface area contributed by atoms with Crippen LogP contribution in [0.3, 0.4) is 0 Å². The quantitative estimate of drug-likeness (QED) is 0.675. The number of benzene rings is 2. The number of anilines is 1. The predicted octanol–water partition coefficient (Wildman–Crippen LogP) is 5.55. The maximum absolute atomic E-state index is 13.8. The second-order valence-corrected chi connectivity index (χ2v) is 9.30. The summed E-state index contributed by atoms with van der Waals surface area (Å²) >= 11 is 6.05. The molecule has 4 rings (SSSR count). The Hall–Kier alpha value is -2.40. The number of nitrogens with zero attached hydrogens (tertiary/aromatic N) is 1. The number of likely N-dealkylation sites (tertiary alicyclic amines) is 1. The molecule has 6 heteroatoms. The van der Waals surface area contributed by atoms with Crippen molar-refractivity contribution in [2.24, 2.45) is 11.8 Å². The lowest BCUT2D eigenvalue weighted by atomic mass is 9.83. The number of piperidine rings is 1. The van der Waals surface area contributed by atoms with Gasteiger partial charge in [0.15, 0.2) is 0 Å². The van der Waals surface area contributed by atoms with Gasteiger partial charge >= 0.3 is 0 Å². The third-order valence-electron chi connectivity index (χ3n) is 6.58. The molecule has 2 aromatic rings. The standard InChI is InChI=1S/C25H28ClFN2O2/c1-16-11-18(9-10-23(16)27)19-12-20(24(30)28-22-8-4-7-21(26)13-22)15-29(14-19)25(31)17-5-2-3-6-17/h4,7-11,13,17,19-20H,2-3,5-6,12,14-15H2,1H3,(H,28,30). The molecule has 2 amide bonds. The van der Waals surface area contributed by atoms with Crippen LogP contribution in [-0.2, 0) is 9.59 Å². The first-order valence-electron chi connectivity index (χ1n) is 11.0. The summed E-state index contributed by atoms with van der Waals surface area (Å²) in [5, 5.41) is 3.51. The third kappa shape index (κ3) is 5.09. The molecule has 0 spiro atoms. The molecule has 2 fully saturated rings. The molecule has 0 radical (unpaired) electrons. The highest BCUT2D eigenvalue weighted by Crippen LogP contribution is 2.35. The van der Waals surface area contributed by atoms with Crippen molar-refractivity contribution in [2.75, 3.05) is 18.4 Å². The van der Waals surface area contributed by atoms with Crippen LogP contribution in [0.1, 0.15) is 49.1 Å². The summed E-state index contributed by atoms with van der Waals surface area (Å²) in [7, 11) is 0. The first-order chi connectivity index (χ1) is 14.9.